The molecule has 0 bridgehead atoms. The lowest BCUT2D eigenvalue weighted by molar-refractivity contribution is 0.495. The molecular formula is C15H12BrClF2. The molecule has 0 aliphatic carbocycles. The molecule has 0 saturated heterocycles. The van der Waals surface area contributed by atoms with Gasteiger partial charge in [0.1, 0.15) is 0 Å². The molecule has 100 valence electrons. The summed E-state index contributed by atoms with van der Waals surface area (Å²) in [6.45, 7) is 0. The minimum absolute atomic E-state index is 0.0360. The van der Waals surface area contributed by atoms with Crippen LogP contribution in [0.4, 0.5) is 8.78 Å². The summed E-state index contributed by atoms with van der Waals surface area (Å²) in [6, 6.07) is 11.9. The van der Waals surface area contributed by atoms with E-state index in [1.165, 1.54) is 6.07 Å². The molecule has 0 heterocycles. The van der Waals surface area contributed by atoms with Crippen LogP contribution in [0, 0.1) is 11.6 Å². The van der Waals surface area contributed by atoms with Gasteiger partial charge >= 0.3 is 0 Å². The van der Waals surface area contributed by atoms with Crippen molar-refractivity contribution in [3.05, 3.63) is 69.7 Å². The van der Waals surface area contributed by atoms with Crippen LogP contribution in [0.2, 0.25) is 0 Å². The second-order valence-corrected chi connectivity index (χ2v) is 5.54. The average molecular weight is 346 g/mol. The molecule has 0 amide bonds. The van der Waals surface area contributed by atoms with Gasteiger partial charge < -0.3 is 0 Å². The van der Waals surface area contributed by atoms with Crippen LogP contribution in [0.3, 0.4) is 0 Å². The van der Waals surface area contributed by atoms with Crippen LogP contribution in [-0.4, -0.2) is 5.88 Å². The van der Waals surface area contributed by atoms with E-state index in [2.05, 4.69) is 15.9 Å². The standard InChI is InChI=1S/C15H12BrClF2/c16-13-6-4-10(5-7-13)12(9-17)8-11-2-1-3-14(18)15(11)19/h1-7,12H,8-9H2. The Balaban J connectivity index is 2.24. The summed E-state index contributed by atoms with van der Waals surface area (Å²) >= 11 is 9.32. The molecule has 2 aromatic carbocycles. The molecule has 4 heteroatoms. The number of hydrogen-bond acceptors (Lipinski definition) is 0. The molecule has 0 aliphatic heterocycles. The third kappa shape index (κ3) is 3.54. The Bertz CT molecular complexity index is 555. The van der Waals surface area contributed by atoms with Crippen molar-refractivity contribution in [3.63, 3.8) is 0 Å². The van der Waals surface area contributed by atoms with Crippen LogP contribution in [0.1, 0.15) is 17.0 Å². The zero-order valence-electron chi connectivity index (χ0n) is 10.0. The lowest BCUT2D eigenvalue weighted by Crippen LogP contribution is -2.07. The fourth-order valence-corrected chi connectivity index (χ4v) is 2.52. The van der Waals surface area contributed by atoms with Crippen LogP contribution in [-0.2, 0) is 6.42 Å². The zero-order chi connectivity index (χ0) is 13.8. The Morgan fingerprint density at radius 3 is 2.37 bits per heavy atom. The zero-order valence-corrected chi connectivity index (χ0v) is 12.4. The second kappa shape index (κ2) is 6.49. The third-order valence-electron chi connectivity index (χ3n) is 3.03. The van der Waals surface area contributed by atoms with E-state index >= 15 is 0 Å². The highest BCUT2D eigenvalue weighted by molar-refractivity contribution is 9.10. The topological polar surface area (TPSA) is 0 Å². The number of benzene rings is 2. The summed E-state index contributed by atoms with van der Waals surface area (Å²) < 4.78 is 27.8. The summed E-state index contributed by atoms with van der Waals surface area (Å²) in [5.74, 6) is -1.28. The summed E-state index contributed by atoms with van der Waals surface area (Å²) in [7, 11) is 0. The predicted molar refractivity (Wildman–Crippen MR) is 77.7 cm³/mol. The van der Waals surface area contributed by atoms with Crippen LogP contribution in [0.15, 0.2) is 46.9 Å². The summed E-state index contributed by atoms with van der Waals surface area (Å²) in [5.41, 5.74) is 1.37. The minimum Gasteiger partial charge on any atom is -0.204 e. The second-order valence-electron chi connectivity index (χ2n) is 4.32. The van der Waals surface area contributed by atoms with Crippen molar-refractivity contribution in [1.29, 1.82) is 0 Å². The lowest BCUT2D eigenvalue weighted by Gasteiger charge is -2.15. The quantitative estimate of drug-likeness (QED) is 0.660. The van der Waals surface area contributed by atoms with E-state index in [0.717, 1.165) is 16.1 Å². The van der Waals surface area contributed by atoms with Gasteiger partial charge in [0.15, 0.2) is 11.6 Å². The van der Waals surface area contributed by atoms with E-state index in [1.54, 1.807) is 6.07 Å². The highest BCUT2D eigenvalue weighted by atomic mass is 79.9. The van der Waals surface area contributed by atoms with Crippen LogP contribution in [0.5, 0.6) is 0 Å². The summed E-state index contributed by atoms with van der Waals surface area (Å²) in [6.07, 6.45) is 0.384. The summed E-state index contributed by atoms with van der Waals surface area (Å²) in [5, 5.41) is 0. The predicted octanol–water partition coefficient (Wildman–Crippen LogP) is 5.29. The molecule has 0 spiro atoms. The van der Waals surface area contributed by atoms with E-state index in [1.807, 2.05) is 24.3 Å². The smallest absolute Gasteiger partial charge is 0.162 e. The number of hydrogen-bond donors (Lipinski definition) is 0. The van der Waals surface area contributed by atoms with E-state index in [9.17, 15) is 8.78 Å². The van der Waals surface area contributed by atoms with Gasteiger partial charge in [0.25, 0.3) is 0 Å². The Morgan fingerprint density at radius 1 is 1.05 bits per heavy atom. The van der Waals surface area contributed by atoms with E-state index in [-0.39, 0.29) is 5.92 Å². The van der Waals surface area contributed by atoms with Crippen molar-refractivity contribution >= 4 is 27.5 Å². The molecule has 1 atom stereocenters. The van der Waals surface area contributed by atoms with Crippen molar-refractivity contribution in [1.82, 2.24) is 0 Å². The molecule has 0 nitrogen and oxygen atoms in total. The average Bonchev–Trinajstić information content (AvgIpc) is 2.42. The van der Waals surface area contributed by atoms with Gasteiger partial charge in [-0.3, -0.25) is 0 Å². The Labute approximate surface area is 124 Å². The molecule has 1 unspecified atom stereocenters. The highest BCUT2D eigenvalue weighted by Gasteiger charge is 2.15. The maximum absolute atomic E-state index is 13.7. The Hall–Kier alpha value is -0.930. The van der Waals surface area contributed by atoms with Gasteiger partial charge in [-0.1, -0.05) is 40.2 Å². The van der Waals surface area contributed by atoms with Crippen molar-refractivity contribution in [2.24, 2.45) is 0 Å². The molecule has 19 heavy (non-hydrogen) atoms. The van der Waals surface area contributed by atoms with Gasteiger partial charge in [-0.2, -0.15) is 0 Å². The first-order valence-electron chi connectivity index (χ1n) is 5.86. The first kappa shape index (κ1) is 14.5. The fourth-order valence-electron chi connectivity index (χ4n) is 1.97. The first-order chi connectivity index (χ1) is 9.11. The molecular weight excluding hydrogens is 334 g/mol. The van der Waals surface area contributed by atoms with Crippen molar-refractivity contribution < 1.29 is 8.78 Å². The van der Waals surface area contributed by atoms with E-state index < -0.39 is 11.6 Å². The maximum atomic E-state index is 13.7. The minimum atomic E-state index is -0.818. The van der Waals surface area contributed by atoms with Gasteiger partial charge in [0, 0.05) is 16.3 Å². The molecule has 2 aromatic rings. The van der Waals surface area contributed by atoms with Crippen molar-refractivity contribution in [2.45, 2.75) is 12.3 Å². The largest absolute Gasteiger partial charge is 0.204 e. The fraction of sp³-hybridized carbons (Fsp3) is 0.200. The Kier molecular flexibility index (Phi) is 4.94. The molecule has 0 aliphatic rings. The molecule has 0 N–H and O–H groups in total. The van der Waals surface area contributed by atoms with Gasteiger partial charge in [-0.25, -0.2) is 8.78 Å². The highest BCUT2D eigenvalue weighted by Crippen LogP contribution is 2.25. The van der Waals surface area contributed by atoms with E-state index in [4.69, 9.17) is 11.6 Å². The first-order valence-corrected chi connectivity index (χ1v) is 7.19. The Morgan fingerprint density at radius 2 is 1.74 bits per heavy atom. The van der Waals surface area contributed by atoms with Gasteiger partial charge in [-0.05, 0) is 35.7 Å². The molecule has 0 fully saturated rings. The third-order valence-corrected chi connectivity index (χ3v) is 3.93. The SMILES string of the molecule is Fc1cccc(CC(CCl)c2ccc(Br)cc2)c1F. The van der Waals surface area contributed by atoms with Crippen LogP contribution >= 0.6 is 27.5 Å². The van der Waals surface area contributed by atoms with Gasteiger partial charge in [-0.15, -0.1) is 11.6 Å². The van der Waals surface area contributed by atoms with Crippen LogP contribution in [0.25, 0.3) is 0 Å². The van der Waals surface area contributed by atoms with Gasteiger partial charge in [0.05, 0.1) is 0 Å². The van der Waals surface area contributed by atoms with Crippen molar-refractivity contribution in [2.75, 3.05) is 5.88 Å². The molecule has 0 radical (unpaired) electrons. The van der Waals surface area contributed by atoms with Crippen LogP contribution < -0.4 is 0 Å². The number of rotatable bonds is 4. The molecule has 0 saturated carbocycles. The normalized spacial score (nSPS) is 12.4. The lowest BCUT2D eigenvalue weighted by atomic mass is 9.93. The summed E-state index contributed by atoms with van der Waals surface area (Å²) in [4.78, 5) is 0. The van der Waals surface area contributed by atoms with E-state index in [0.29, 0.717) is 17.9 Å². The van der Waals surface area contributed by atoms with Gasteiger partial charge in [0.2, 0.25) is 0 Å². The van der Waals surface area contributed by atoms with Crippen molar-refractivity contribution in [3.8, 4) is 0 Å². The maximum Gasteiger partial charge on any atom is 0.162 e. The monoisotopic (exact) mass is 344 g/mol. The molecule has 0 aromatic heterocycles. The number of alkyl halides is 1. The molecule has 2 rings (SSSR count). The number of halogens is 4.